The first-order valence-electron chi connectivity index (χ1n) is 4.98. The number of rotatable bonds is 4. The molecule has 0 N–H and O–H groups in total. The lowest BCUT2D eigenvalue weighted by molar-refractivity contribution is 0.388. The lowest BCUT2D eigenvalue weighted by atomic mass is 10.0. The summed E-state index contributed by atoms with van der Waals surface area (Å²) in [6, 6.07) is 3.86. The van der Waals surface area contributed by atoms with Gasteiger partial charge in [-0.15, -0.1) is 12.3 Å². The van der Waals surface area contributed by atoms with Gasteiger partial charge in [0.2, 0.25) is 0 Å². The Balaban J connectivity index is 3.09. The van der Waals surface area contributed by atoms with Crippen molar-refractivity contribution in [1.82, 2.24) is 0 Å². The Morgan fingerprint density at radius 2 is 1.94 bits per heavy atom. The van der Waals surface area contributed by atoms with Gasteiger partial charge in [-0.3, -0.25) is 0 Å². The van der Waals surface area contributed by atoms with Crippen LogP contribution in [0.25, 0.3) is 0 Å². The van der Waals surface area contributed by atoms with Gasteiger partial charge in [0.15, 0.2) is 0 Å². The molecule has 2 nitrogen and oxygen atoms in total. The van der Waals surface area contributed by atoms with Crippen LogP contribution in [0.1, 0.15) is 12.5 Å². The molecule has 0 saturated heterocycles. The van der Waals surface area contributed by atoms with E-state index in [9.17, 15) is 0 Å². The maximum atomic E-state index is 5.38. The molecule has 1 aromatic carbocycles. The standard InChI is InChI=1S/C13H15BrO2/c1-5-9(2)6-10-7-11(14)13(16-4)8-12(10)15-3/h1,7-9H,6H2,2-4H3. The third-order valence-corrected chi connectivity index (χ3v) is 2.99. The topological polar surface area (TPSA) is 18.5 Å². The zero-order chi connectivity index (χ0) is 12.1. The molecular weight excluding hydrogens is 268 g/mol. The van der Waals surface area contributed by atoms with Crippen molar-refractivity contribution in [1.29, 1.82) is 0 Å². The highest BCUT2D eigenvalue weighted by Crippen LogP contribution is 2.33. The molecule has 0 bridgehead atoms. The number of ether oxygens (including phenoxy) is 2. The fraction of sp³-hybridized carbons (Fsp3) is 0.385. The maximum Gasteiger partial charge on any atom is 0.136 e. The SMILES string of the molecule is C#CC(C)Cc1cc(Br)c(OC)cc1OC. The fourth-order valence-corrected chi connectivity index (χ4v) is 2.02. The van der Waals surface area contributed by atoms with Crippen molar-refractivity contribution in [2.45, 2.75) is 13.3 Å². The normalized spacial score (nSPS) is 11.7. The highest BCUT2D eigenvalue weighted by atomic mass is 79.9. The molecule has 0 saturated carbocycles. The molecule has 0 aromatic heterocycles. The Hall–Kier alpha value is -1.14. The van der Waals surface area contributed by atoms with E-state index in [2.05, 4.69) is 21.9 Å². The monoisotopic (exact) mass is 282 g/mol. The molecule has 1 aromatic rings. The number of benzene rings is 1. The van der Waals surface area contributed by atoms with Gasteiger partial charge in [-0.25, -0.2) is 0 Å². The van der Waals surface area contributed by atoms with Crippen LogP contribution in [0.3, 0.4) is 0 Å². The molecule has 0 spiro atoms. The molecule has 3 heteroatoms. The largest absolute Gasteiger partial charge is 0.496 e. The minimum absolute atomic E-state index is 0.189. The summed E-state index contributed by atoms with van der Waals surface area (Å²) in [5.74, 6) is 4.47. The molecule has 0 aliphatic carbocycles. The molecular formula is C13H15BrO2. The molecule has 1 unspecified atom stereocenters. The average molecular weight is 283 g/mol. The Morgan fingerprint density at radius 3 is 2.44 bits per heavy atom. The molecule has 1 rings (SSSR count). The smallest absolute Gasteiger partial charge is 0.136 e. The van der Waals surface area contributed by atoms with Gasteiger partial charge in [-0.2, -0.15) is 0 Å². The van der Waals surface area contributed by atoms with E-state index in [1.165, 1.54) is 0 Å². The molecule has 0 aliphatic heterocycles. The van der Waals surface area contributed by atoms with E-state index in [1.807, 2.05) is 19.1 Å². The summed E-state index contributed by atoms with van der Waals surface area (Å²) in [6.07, 6.45) is 6.17. The Morgan fingerprint density at radius 1 is 1.31 bits per heavy atom. The van der Waals surface area contributed by atoms with Crippen molar-refractivity contribution in [2.24, 2.45) is 5.92 Å². The van der Waals surface area contributed by atoms with Gasteiger partial charge in [-0.1, -0.05) is 6.92 Å². The number of hydrogen-bond acceptors (Lipinski definition) is 2. The number of halogens is 1. The third-order valence-electron chi connectivity index (χ3n) is 2.37. The van der Waals surface area contributed by atoms with Crippen LogP contribution in [-0.2, 0) is 6.42 Å². The molecule has 0 aliphatic rings. The molecule has 1 atom stereocenters. The van der Waals surface area contributed by atoms with Gasteiger partial charge in [-0.05, 0) is 34.0 Å². The summed E-state index contributed by atoms with van der Waals surface area (Å²) in [5.41, 5.74) is 1.08. The van der Waals surface area contributed by atoms with Crippen LogP contribution in [0, 0.1) is 18.3 Å². The summed E-state index contributed by atoms with van der Waals surface area (Å²) in [5, 5.41) is 0. The molecule has 16 heavy (non-hydrogen) atoms. The van der Waals surface area contributed by atoms with E-state index < -0.39 is 0 Å². The van der Waals surface area contributed by atoms with E-state index in [0.717, 1.165) is 28.0 Å². The molecule has 0 radical (unpaired) electrons. The van der Waals surface area contributed by atoms with E-state index in [-0.39, 0.29) is 5.92 Å². The summed E-state index contributed by atoms with van der Waals surface area (Å²) in [4.78, 5) is 0. The van der Waals surface area contributed by atoms with E-state index in [4.69, 9.17) is 15.9 Å². The van der Waals surface area contributed by atoms with Crippen LogP contribution < -0.4 is 9.47 Å². The highest BCUT2D eigenvalue weighted by Gasteiger charge is 2.11. The van der Waals surface area contributed by atoms with Crippen LogP contribution in [0.4, 0.5) is 0 Å². The number of methoxy groups -OCH3 is 2. The maximum absolute atomic E-state index is 5.38. The van der Waals surface area contributed by atoms with Crippen molar-refractivity contribution in [3.63, 3.8) is 0 Å². The Bertz CT molecular complexity index is 407. The van der Waals surface area contributed by atoms with Crippen molar-refractivity contribution in [3.05, 3.63) is 22.2 Å². The van der Waals surface area contributed by atoms with Crippen LogP contribution in [0.2, 0.25) is 0 Å². The van der Waals surface area contributed by atoms with Crippen molar-refractivity contribution in [3.8, 4) is 23.8 Å². The van der Waals surface area contributed by atoms with E-state index in [1.54, 1.807) is 14.2 Å². The predicted molar refractivity (Wildman–Crippen MR) is 68.9 cm³/mol. The highest BCUT2D eigenvalue weighted by molar-refractivity contribution is 9.10. The number of hydrogen-bond donors (Lipinski definition) is 0. The van der Waals surface area contributed by atoms with Crippen molar-refractivity contribution >= 4 is 15.9 Å². The fourth-order valence-electron chi connectivity index (χ4n) is 1.47. The van der Waals surface area contributed by atoms with E-state index in [0.29, 0.717) is 0 Å². The number of terminal acetylenes is 1. The summed E-state index contributed by atoms with van der Waals surface area (Å²) >= 11 is 3.45. The summed E-state index contributed by atoms with van der Waals surface area (Å²) in [6.45, 7) is 2.01. The minimum Gasteiger partial charge on any atom is -0.496 e. The van der Waals surface area contributed by atoms with Gasteiger partial charge in [0.1, 0.15) is 11.5 Å². The first-order chi connectivity index (χ1) is 7.62. The van der Waals surface area contributed by atoms with Gasteiger partial charge >= 0.3 is 0 Å². The average Bonchev–Trinajstić information content (AvgIpc) is 2.29. The molecule has 0 heterocycles. The van der Waals surface area contributed by atoms with Crippen molar-refractivity contribution < 1.29 is 9.47 Å². The van der Waals surface area contributed by atoms with Gasteiger partial charge < -0.3 is 9.47 Å². The zero-order valence-electron chi connectivity index (χ0n) is 9.71. The third kappa shape index (κ3) is 2.93. The van der Waals surface area contributed by atoms with Crippen LogP contribution in [-0.4, -0.2) is 14.2 Å². The van der Waals surface area contributed by atoms with Gasteiger partial charge in [0.25, 0.3) is 0 Å². The Labute approximate surface area is 105 Å². The minimum atomic E-state index is 0.189. The molecule has 86 valence electrons. The van der Waals surface area contributed by atoms with E-state index >= 15 is 0 Å². The van der Waals surface area contributed by atoms with Crippen molar-refractivity contribution in [2.75, 3.05) is 14.2 Å². The molecule has 0 amide bonds. The quantitative estimate of drug-likeness (QED) is 0.789. The lowest BCUT2D eigenvalue weighted by Crippen LogP contribution is -2.00. The van der Waals surface area contributed by atoms with Crippen LogP contribution in [0.5, 0.6) is 11.5 Å². The second-order valence-electron chi connectivity index (χ2n) is 3.57. The van der Waals surface area contributed by atoms with Gasteiger partial charge in [0, 0.05) is 12.0 Å². The summed E-state index contributed by atoms with van der Waals surface area (Å²) < 4.78 is 11.4. The Kier molecular flexibility index (Phi) is 4.70. The lowest BCUT2D eigenvalue weighted by Gasteiger charge is -2.13. The van der Waals surface area contributed by atoms with Crippen LogP contribution >= 0.6 is 15.9 Å². The summed E-state index contributed by atoms with van der Waals surface area (Å²) in [7, 11) is 3.27. The first-order valence-corrected chi connectivity index (χ1v) is 5.78. The van der Waals surface area contributed by atoms with Crippen LogP contribution in [0.15, 0.2) is 16.6 Å². The second kappa shape index (κ2) is 5.81. The first kappa shape index (κ1) is 12.9. The molecule has 0 fully saturated rings. The van der Waals surface area contributed by atoms with Gasteiger partial charge in [0.05, 0.1) is 18.7 Å². The second-order valence-corrected chi connectivity index (χ2v) is 4.42. The zero-order valence-corrected chi connectivity index (χ0v) is 11.3. The predicted octanol–water partition coefficient (Wildman–Crippen LogP) is 3.28.